The van der Waals surface area contributed by atoms with Crippen molar-refractivity contribution >= 4 is 23.2 Å². The van der Waals surface area contributed by atoms with Gasteiger partial charge in [-0.2, -0.15) is 0 Å². The van der Waals surface area contributed by atoms with E-state index in [1.165, 1.54) is 18.3 Å². The highest BCUT2D eigenvalue weighted by Gasteiger charge is 2.28. The molecule has 0 fully saturated rings. The zero-order valence-corrected chi connectivity index (χ0v) is 8.82. The summed E-state index contributed by atoms with van der Waals surface area (Å²) in [5.41, 5.74) is 0. The Balaban J connectivity index is 2.88. The van der Waals surface area contributed by atoms with Crippen LogP contribution in [0.3, 0.4) is 0 Å². The van der Waals surface area contributed by atoms with Gasteiger partial charge in [0.05, 0.1) is 6.04 Å². The van der Waals surface area contributed by atoms with Crippen LogP contribution in [0.5, 0.6) is 0 Å². The Morgan fingerprint density at radius 2 is 2.20 bits per heavy atom. The van der Waals surface area contributed by atoms with Crippen LogP contribution in [0.2, 0.25) is 0 Å². The molecule has 0 aromatic carbocycles. The second kappa shape index (κ2) is 4.90. The monoisotopic (exact) mass is 229 g/mol. The molecule has 82 valence electrons. The van der Waals surface area contributed by atoms with Crippen molar-refractivity contribution < 1.29 is 19.8 Å². The lowest BCUT2D eigenvalue weighted by Crippen LogP contribution is -2.38. The first-order chi connectivity index (χ1) is 7.02. The number of nitrogens with one attached hydrogen (secondary N) is 1. The lowest BCUT2D eigenvalue weighted by Gasteiger charge is -2.19. The quantitative estimate of drug-likeness (QED) is 0.696. The largest absolute Gasteiger partial charge is 0.479 e. The molecule has 0 radical (unpaired) electrons. The van der Waals surface area contributed by atoms with Crippen LogP contribution in [0.1, 0.15) is 17.8 Å². The number of carboxylic acid groups (broad SMARTS) is 1. The number of thiophene rings is 1. The molecule has 1 aromatic heterocycles. The minimum atomic E-state index is -1.63. The molecule has 15 heavy (non-hydrogen) atoms. The first-order valence-electron chi connectivity index (χ1n) is 4.23. The van der Waals surface area contributed by atoms with Gasteiger partial charge in [0.15, 0.2) is 6.10 Å². The number of carboxylic acids is 1. The van der Waals surface area contributed by atoms with Crippen LogP contribution < -0.4 is 5.32 Å². The molecule has 1 heterocycles. The van der Waals surface area contributed by atoms with Crippen LogP contribution in [0.25, 0.3) is 0 Å². The van der Waals surface area contributed by atoms with Crippen LogP contribution in [-0.4, -0.2) is 28.2 Å². The third kappa shape index (κ3) is 3.03. The van der Waals surface area contributed by atoms with E-state index in [1.807, 2.05) is 0 Å². The van der Waals surface area contributed by atoms with E-state index >= 15 is 0 Å². The highest BCUT2D eigenvalue weighted by molar-refractivity contribution is 7.10. The Morgan fingerprint density at radius 3 is 2.60 bits per heavy atom. The average molecular weight is 229 g/mol. The summed E-state index contributed by atoms with van der Waals surface area (Å²) in [6.07, 6.45) is -1.63. The highest BCUT2D eigenvalue weighted by atomic mass is 32.1. The van der Waals surface area contributed by atoms with Gasteiger partial charge in [-0.05, 0) is 11.4 Å². The summed E-state index contributed by atoms with van der Waals surface area (Å²) in [6, 6.07) is 2.50. The number of aliphatic carboxylic acids is 1. The Kier molecular flexibility index (Phi) is 3.81. The van der Waals surface area contributed by atoms with Gasteiger partial charge in [0.2, 0.25) is 5.91 Å². The van der Waals surface area contributed by atoms with Crippen LogP contribution >= 0.6 is 11.3 Å². The van der Waals surface area contributed by atoms with Crippen molar-refractivity contribution in [1.29, 1.82) is 0 Å². The maximum Gasteiger partial charge on any atom is 0.335 e. The first kappa shape index (κ1) is 11.7. The van der Waals surface area contributed by atoms with Crippen molar-refractivity contribution in [2.45, 2.75) is 19.1 Å². The summed E-state index contributed by atoms with van der Waals surface area (Å²) in [7, 11) is 0. The lowest BCUT2D eigenvalue weighted by atomic mass is 10.1. The normalized spacial score (nSPS) is 14.3. The SMILES string of the molecule is CC(=O)N[C@@H](c1cccs1)[C@@H](O)C(=O)O. The fourth-order valence-corrected chi connectivity index (χ4v) is 1.94. The zero-order chi connectivity index (χ0) is 11.4. The molecule has 5 nitrogen and oxygen atoms in total. The summed E-state index contributed by atoms with van der Waals surface area (Å²) < 4.78 is 0. The Morgan fingerprint density at radius 1 is 1.53 bits per heavy atom. The summed E-state index contributed by atoms with van der Waals surface area (Å²) in [4.78, 5) is 22.1. The summed E-state index contributed by atoms with van der Waals surface area (Å²) >= 11 is 1.28. The van der Waals surface area contributed by atoms with E-state index in [4.69, 9.17) is 5.11 Å². The van der Waals surface area contributed by atoms with Gasteiger partial charge in [-0.1, -0.05) is 6.07 Å². The van der Waals surface area contributed by atoms with E-state index in [1.54, 1.807) is 17.5 Å². The smallest absolute Gasteiger partial charge is 0.335 e. The van der Waals surface area contributed by atoms with Crippen LogP contribution in [0, 0.1) is 0 Å². The van der Waals surface area contributed by atoms with E-state index in [0.29, 0.717) is 4.88 Å². The Hall–Kier alpha value is -1.40. The third-order valence-corrected chi connectivity index (χ3v) is 2.73. The summed E-state index contributed by atoms with van der Waals surface area (Å²) in [5, 5.41) is 22.2. The number of carbonyl (C=O) groups excluding carboxylic acids is 1. The molecule has 0 unspecified atom stereocenters. The molecule has 1 rings (SSSR count). The molecule has 0 saturated heterocycles. The molecule has 0 spiro atoms. The van der Waals surface area contributed by atoms with Crippen LogP contribution in [-0.2, 0) is 9.59 Å². The predicted molar refractivity (Wildman–Crippen MR) is 54.5 cm³/mol. The van der Waals surface area contributed by atoms with Crippen molar-refractivity contribution in [3.63, 3.8) is 0 Å². The topological polar surface area (TPSA) is 86.6 Å². The molecular weight excluding hydrogens is 218 g/mol. The van der Waals surface area contributed by atoms with E-state index in [9.17, 15) is 14.7 Å². The predicted octanol–water partition coefficient (Wildman–Crippen LogP) is 0.371. The molecule has 6 heteroatoms. The van der Waals surface area contributed by atoms with Crippen molar-refractivity contribution in [2.75, 3.05) is 0 Å². The first-order valence-corrected chi connectivity index (χ1v) is 5.11. The van der Waals surface area contributed by atoms with E-state index in [2.05, 4.69) is 5.32 Å². The maximum absolute atomic E-state index is 10.9. The Labute approximate surface area is 90.4 Å². The fraction of sp³-hybridized carbons (Fsp3) is 0.333. The number of aliphatic hydroxyl groups is 1. The third-order valence-electron chi connectivity index (χ3n) is 1.78. The number of aliphatic hydroxyl groups excluding tert-OH is 1. The van der Waals surface area contributed by atoms with Crippen LogP contribution in [0.15, 0.2) is 17.5 Å². The fourth-order valence-electron chi connectivity index (χ4n) is 1.14. The van der Waals surface area contributed by atoms with Gasteiger partial charge in [0.1, 0.15) is 0 Å². The van der Waals surface area contributed by atoms with Crippen molar-refractivity contribution in [3.8, 4) is 0 Å². The van der Waals surface area contributed by atoms with E-state index in [0.717, 1.165) is 0 Å². The van der Waals surface area contributed by atoms with Crippen LogP contribution in [0.4, 0.5) is 0 Å². The zero-order valence-electron chi connectivity index (χ0n) is 8.01. The number of hydrogen-bond acceptors (Lipinski definition) is 4. The molecular formula is C9H11NO4S. The molecule has 3 N–H and O–H groups in total. The second-order valence-electron chi connectivity index (χ2n) is 2.98. The van der Waals surface area contributed by atoms with Gasteiger partial charge in [0, 0.05) is 11.8 Å². The number of amides is 1. The second-order valence-corrected chi connectivity index (χ2v) is 3.96. The van der Waals surface area contributed by atoms with Gasteiger partial charge in [-0.25, -0.2) is 4.79 Å². The molecule has 1 amide bonds. The van der Waals surface area contributed by atoms with Gasteiger partial charge < -0.3 is 15.5 Å². The van der Waals surface area contributed by atoms with Gasteiger partial charge in [0.25, 0.3) is 0 Å². The van der Waals surface area contributed by atoms with Crippen molar-refractivity contribution in [2.24, 2.45) is 0 Å². The maximum atomic E-state index is 10.9. The molecule has 0 saturated carbocycles. The van der Waals surface area contributed by atoms with Gasteiger partial charge in [-0.15, -0.1) is 11.3 Å². The molecule has 0 bridgehead atoms. The van der Waals surface area contributed by atoms with Gasteiger partial charge >= 0.3 is 5.97 Å². The molecule has 1 aromatic rings. The standard InChI is InChI=1S/C9H11NO4S/c1-5(11)10-7(8(12)9(13)14)6-3-2-4-15-6/h2-4,7-8,12H,1H3,(H,10,11)(H,13,14)/t7-,8+/m0/s1. The number of hydrogen-bond donors (Lipinski definition) is 3. The molecule has 0 aliphatic carbocycles. The molecule has 0 aliphatic heterocycles. The van der Waals surface area contributed by atoms with Crippen molar-refractivity contribution in [1.82, 2.24) is 5.32 Å². The molecule has 0 aliphatic rings. The minimum absolute atomic E-state index is 0.381. The summed E-state index contributed by atoms with van der Waals surface area (Å²) in [6.45, 7) is 1.27. The van der Waals surface area contributed by atoms with E-state index < -0.39 is 18.1 Å². The van der Waals surface area contributed by atoms with Crippen molar-refractivity contribution in [3.05, 3.63) is 22.4 Å². The Bertz CT molecular complexity index is 349. The number of rotatable bonds is 4. The highest BCUT2D eigenvalue weighted by Crippen LogP contribution is 2.22. The van der Waals surface area contributed by atoms with Gasteiger partial charge in [-0.3, -0.25) is 4.79 Å². The van der Waals surface area contributed by atoms with E-state index in [-0.39, 0.29) is 5.91 Å². The molecule has 2 atom stereocenters. The summed E-state index contributed by atoms with van der Waals surface area (Å²) in [5.74, 6) is -1.74. The average Bonchev–Trinajstić information content (AvgIpc) is 2.65. The number of carbonyl (C=O) groups is 2. The lowest BCUT2D eigenvalue weighted by molar-refractivity contribution is -0.148. The minimum Gasteiger partial charge on any atom is -0.479 e.